The molecule has 1 aromatic rings. The first-order valence-electron chi connectivity index (χ1n) is 6.27. The van der Waals surface area contributed by atoms with E-state index >= 15 is 0 Å². The lowest BCUT2D eigenvalue weighted by Gasteiger charge is -2.14. The smallest absolute Gasteiger partial charge is 0.249 e. The molecule has 3 N–H and O–H groups in total. The van der Waals surface area contributed by atoms with Crippen LogP contribution in [0.15, 0.2) is 24.3 Å². The first-order valence-corrected chi connectivity index (χ1v) is 6.27. The van der Waals surface area contributed by atoms with Crippen molar-refractivity contribution < 1.29 is 4.79 Å². The fourth-order valence-corrected chi connectivity index (χ4v) is 1.90. The third kappa shape index (κ3) is 4.19. The van der Waals surface area contributed by atoms with E-state index < -0.39 is 0 Å². The first kappa shape index (κ1) is 13.7. The van der Waals surface area contributed by atoms with E-state index in [1.54, 1.807) is 6.07 Å². The molecule has 0 atom stereocenters. The minimum absolute atomic E-state index is 0.357. The summed E-state index contributed by atoms with van der Waals surface area (Å²) in [5.74, 6) is 0.348. The molecule has 3 nitrogen and oxygen atoms in total. The van der Waals surface area contributed by atoms with Crippen molar-refractivity contribution in [3.05, 3.63) is 35.4 Å². The number of carbonyl (C=O) groups excluding carboxylic acids is 1. The van der Waals surface area contributed by atoms with E-state index in [0.717, 1.165) is 12.1 Å². The molecule has 0 saturated carbocycles. The highest BCUT2D eigenvalue weighted by atomic mass is 16.1. The Morgan fingerprint density at radius 3 is 2.53 bits per heavy atom. The van der Waals surface area contributed by atoms with Gasteiger partial charge in [0.05, 0.1) is 0 Å². The maximum absolute atomic E-state index is 11.2. The van der Waals surface area contributed by atoms with Gasteiger partial charge < -0.3 is 11.1 Å². The number of carbonyl (C=O) groups is 1. The second-order valence-corrected chi connectivity index (χ2v) is 4.33. The van der Waals surface area contributed by atoms with Crippen LogP contribution in [0.2, 0.25) is 0 Å². The Morgan fingerprint density at radius 2 is 1.94 bits per heavy atom. The number of benzene rings is 1. The number of nitrogens with two attached hydrogens (primary N) is 1. The van der Waals surface area contributed by atoms with Crippen LogP contribution < -0.4 is 11.1 Å². The van der Waals surface area contributed by atoms with Crippen molar-refractivity contribution in [2.45, 2.75) is 33.2 Å². The lowest BCUT2D eigenvalue weighted by Crippen LogP contribution is -2.23. The van der Waals surface area contributed by atoms with Crippen molar-refractivity contribution >= 4 is 5.91 Å². The number of primary amides is 1. The van der Waals surface area contributed by atoms with Gasteiger partial charge in [-0.2, -0.15) is 0 Å². The minimum Gasteiger partial charge on any atom is -0.366 e. The highest BCUT2D eigenvalue weighted by molar-refractivity contribution is 5.94. The monoisotopic (exact) mass is 234 g/mol. The van der Waals surface area contributed by atoms with Crippen molar-refractivity contribution in [2.75, 3.05) is 6.54 Å². The normalized spacial score (nSPS) is 10.8. The molecule has 1 rings (SSSR count). The minimum atomic E-state index is -0.357. The van der Waals surface area contributed by atoms with Crippen LogP contribution in [0, 0.1) is 5.92 Å². The Hall–Kier alpha value is -1.35. The largest absolute Gasteiger partial charge is 0.366 e. The molecule has 0 aromatic heterocycles. The molecule has 0 heterocycles. The maximum Gasteiger partial charge on any atom is 0.249 e. The Bertz CT molecular complexity index is 359. The Labute approximate surface area is 103 Å². The van der Waals surface area contributed by atoms with Crippen LogP contribution in [0.5, 0.6) is 0 Å². The van der Waals surface area contributed by atoms with Gasteiger partial charge in [-0.15, -0.1) is 0 Å². The van der Waals surface area contributed by atoms with Crippen LogP contribution >= 0.6 is 0 Å². The van der Waals surface area contributed by atoms with Crippen molar-refractivity contribution in [3.63, 3.8) is 0 Å². The van der Waals surface area contributed by atoms with Crippen molar-refractivity contribution in [3.8, 4) is 0 Å². The highest BCUT2D eigenvalue weighted by Gasteiger charge is 2.07. The lowest BCUT2D eigenvalue weighted by atomic mass is 10.0. The summed E-state index contributed by atoms with van der Waals surface area (Å²) >= 11 is 0. The third-order valence-corrected chi connectivity index (χ3v) is 3.19. The van der Waals surface area contributed by atoms with Gasteiger partial charge in [0.2, 0.25) is 5.91 Å². The fourth-order valence-electron chi connectivity index (χ4n) is 1.90. The zero-order valence-corrected chi connectivity index (χ0v) is 10.7. The molecule has 0 bridgehead atoms. The van der Waals surface area contributed by atoms with E-state index in [-0.39, 0.29) is 5.91 Å². The summed E-state index contributed by atoms with van der Waals surface area (Å²) < 4.78 is 0. The van der Waals surface area contributed by atoms with Crippen LogP contribution in [-0.4, -0.2) is 12.5 Å². The number of hydrogen-bond acceptors (Lipinski definition) is 2. The summed E-state index contributed by atoms with van der Waals surface area (Å²) in [6.45, 7) is 6.09. The molecule has 3 heteroatoms. The maximum atomic E-state index is 11.2. The van der Waals surface area contributed by atoms with E-state index in [4.69, 9.17) is 5.73 Å². The van der Waals surface area contributed by atoms with E-state index in [1.165, 1.54) is 12.8 Å². The second-order valence-electron chi connectivity index (χ2n) is 4.33. The summed E-state index contributed by atoms with van der Waals surface area (Å²) in [4.78, 5) is 11.2. The molecule has 0 unspecified atom stereocenters. The van der Waals surface area contributed by atoms with Gasteiger partial charge in [-0.05, 0) is 24.1 Å². The van der Waals surface area contributed by atoms with Gasteiger partial charge in [0.1, 0.15) is 0 Å². The SMILES string of the molecule is CCC(CC)CNCc1ccccc1C(N)=O. The molecule has 94 valence electrons. The van der Waals surface area contributed by atoms with Gasteiger partial charge in [0, 0.05) is 12.1 Å². The van der Waals surface area contributed by atoms with Gasteiger partial charge in [-0.25, -0.2) is 0 Å². The molecule has 1 amide bonds. The van der Waals surface area contributed by atoms with Crippen LogP contribution in [-0.2, 0) is 6.54 Å². The third-order valence-electron chi connectivity index (χ3n) is 3.19. The number of rotatable bonds is 7. The molecule has 17 heavy (non-hydrogen) atoms. The van der Waals surface area contributed by atoms with Gasteiger partial charge in [-0.1, -0.05) is 44.9 Å². The van der Waals surface area contributed by atoms with Gasteiger partial charge in [-0.3, -0.25) is 4.79 Å². The van der Waals surface area contributed by atoms with Gasteiger partial charge >= 0.3 is 0 Å². The second kappa shape index (κ2) is 7.07. The summed E-state index contributed by atoms with van der Waals surface area (Å²) in [6.07, 6.45) is 2.36. The number of hydrogen-bond donors (Lipinski definition) is 2. The molecular formula is C14H22N2O. The Morgan fingerprint density at radius 1 is 1.29 bits per heavy atom. The molecule has 0 aliphatic rings. The van der Waals surface area contributed by atoms with E-state index in [9.17, 15) is 4.79 Å². The molecule has 0 saturated heterocycles. The van der Waals surface area contributed by atoms with Crippen LogP contribution in [0.4, 0.5) is 0 Å². The number of amides is 1. The molecular weight excluding hydrogens is 212 g/mol. The van der Waals surface area contributed by atoms with E-state index in [0.29, 0.717) is 18.0 Å². The summed E-state index contributed by atoms with van der Waals surface area (Å²) in [5, 5.41) is 3.39. The van der Waals surface area contributed by atoms with Crippen LogP contribution in [0.1, 0.15) is 42.6 Å². The standard InChI is InChI=1S/C14H22N2O/c1-3-11(4-2)9-16-10-12-7-5-6-8-13(12)14(15)17/h5-8,11,16H,3-4,9-10H2,1-2H3,(H2,15,17). The predicted octanol–water partition coefficient (Wildman–Crippen LogP) is 2.31. The fraction of sp³-hybridized carbons (Fsp3) is 0.500. The first-order chi connectivity index (χ1) is 8.19. The van der Waals surface area contributed by atoms with Crippen molar-refractivity contribution in [2.24, 2.45) is 11.7 Å². The lowest BCUT2D eigenvalue weighted by molar-refractivity contribution is 0.0999. The topological polar surface area (TPSA) is 55.1 Å². The Kier molecular flexibility index (Phi) is 5.70. The molecule has 0 spiro atoms. The van der Waals surface area contributed by atoms with Crippen molar-refractivity contribution in [1.29, 1.82) is 0 Å². The van der Waals surface area contributed by atoms with Gasteiger partial charge in [0.25, 0.3) is 0 Å². The van der Waals surface area contributed by atoms with E-state index in [1.807, 2.05) is 18.2 Å². The highest BCUT2D eigenvalue weighted by Crippen LogP contribution is 2.09. The van der Waals surface area contributed by atoms with Crippen LogP contribution in [0.3, 0.4) is 0 Å². The molecule has 0 aliphatic carbocycles. The van der Waals surface area contributed by atoms with Crippen LogP contribution in [0.25, 0.3) is 0 Å². The summed E-state index contributed by atoms with van der Waals surface area (Å²) in [6, 6.07) is 7.49. The predicted molar refractivity (Wildman–Crippen MR) is 70.7 cm³/mol. The molecule has 0 fully saturated rings. The Balaban J connectivity index is 2.54. The molecule has 0 radical (unpaired) electrons. The average Bonchev–Trinajstić information content (AvgIpc) is 2.35. The molecule has 0 aliphatic heterocycles. The van der Waals surface area contributed by atoms with Gasteiger partial charge in [0.15, 0.2) is 0 Å². The van der Waals surface area contributed by atoms with Crippen molar-refractivity contribution in [1.82, 2.24) is 5.32 Å². The molecule has 1 aromatic carbocycles. The zero-order chi connectivity index (χ0) is 12.7. The summed E-state index contributed by atoms with van der Waals surface area (Å²) in [7, 11) is 0. The number of nitrogens with one attached hydrogen (secondary N) is 1. The quantitative estimate of drug-likeness (QED) is 0.760. The average molecular weight is 234 g/mol. The van der Waals surface area contributed by atoms with E-state index in [2.05, 4.69) is 19.2 Å². The summed E-state index contributed by atoms with van der Waals surface area (Å²) in [5.41, 5.74) is 6.92. The zero-order valence-electron chi connectivity index (χ0n) is 10.7.